The Morgan fingerprint density at radius 2 is 1.68 bits per heavy atom. The summed E-state index contributed by atoms with van der Waals surface area (Å²) in [4.78, 5) is 74.9. The molecule has 2 N–H and O–H groups in total. The van der Waals surface area contributed by atoms with Gasteiger partial charge >= 0.3 is 13.5 Å². The number of hydrogen-bond donors (Lipinski definition) is 2. The highest BCUT2D eigenvalue weighted by Gasteiger charge is 2.47. The van der Waals surface area contributed by atoms with Crippen molar-refractivity contribution in [2.45, 2.75) is 69.6 Å². The zero-order chi connectivity index (χ0) is 46.5. The lowest BCUT2D eigenvalue weighted by Crippen LogP contribution is -2.61. The predicted molar refractivity (Wildman–Crippen MR) is 240 cm³/mol. The van der Waals surface area contributed by atoms with E-state index in [1.807, 2.05) is 6.92 Å². The zero-order valence-corrected chi connectivity index (χ0v) is 37.7. The average molecular weight is 927 g/mol. The normalized spacial score (nSPS) is 20.7. The lowest BCUT2D eigenvalue weighted by molar-refractivity contribution is -0.149. The van der Waals surface area contributed by atoms with Crippen molar-refractivity contribution in [1.82, 2.24) is 30.3 Å². The number of benzene rings is 4. The molecule has 19 heteroatoms. The van der Waals surface area contributed by atoms with Crippen LogP contribution in [-0.4, -0.2) is 127 Å². The third kappa shape index (κ3) is 9.76. The number of halogens is 1. The lowest BCUT2D eigenvalue weighted by Gasteiger charge is -2.40. The number of carbonyl (C=O) groups is 5. The molecule has 0 bridgehead atoms. The molecule has 4 heterocycles. The number of amides is 4. The molecule has 0 spiro atoms. The van der Waals surface area contributed by atoms with Gasteiger partial charge in [0.25, 0.3) is 11.8 Å². The summed E-state index contributed by atoms with van der Waals surface area (Å²) in [5.41, 5.74) is 0.415. The van der Waals surface area contributed by atoms with Crippen LogP contribution in [0.2, 0.25) is 0 Å². The van der Waals surface area contributed by atoms with E-state index >= 15 is 4.39 Å². The van der Waals surface area contributed by atoms with Gasteiger partial charge in [-0.15, -0.1) is 0 Å². The summed E-state index contributed by atoms with van der Waals surface area (Å²) in [6.07, 6.45) is 1.88. The number of para-hydroxylation sites is 1. The highest BCUT2D eigenvalue weighted by atomic mass is 31.2. The zero-order valence-electron chi connectivity index (χ0n) is 36.9. The van der Waals surface area contributed by atoms with Crippen molar-refractivity contribution >= 4 is 58.9 Å². The number of nitrogens with zero attached hydrogens (tertiary/aromatic N) is 4. The predicted octanol–water partition coefficient (Wildman–Crippen LogP) is 6.02. The maximum Gasteiger partial charge on any atom is 0.355 e. The molecular weight excluding hydrogens is 875 g/mol. The SMILES string of the molecule is CCCOC(=O)[C@H](C)NP(=O)(Oc1ccccc1)C(F)c1ccc2ccc(C(=O)N[C@H]3CN(C(=O)c4noc5cc(OC)ccc45)CC[C@H]4CC[C@@H](C(=O)N5CCOCC5)N4C3=O)cc2c1. The van der Waals surface area contributed by atoms with Gasteiger partial charge in [-0.3, -0.25) is 28.5 Å². The molecule has 0 aliphatic carbocycles. The highest BCUT2D eigenvalue weighted by molar-refractivity contribution is 7.57. The van der Waals surface area contributed by atoms with Gasteiger partial charge in [0.15, 0.2) is 11.3 Å². The molecule has 3 aliphatic heterocycles. The van der Waals surface area contributed by atoms with Crippen molar-refractivity contribution in [3.05, 3.63) is 102 Å². The first kappa shape index (κ1) is 46.2. The molecule has 0 radical (unpaired) electrons. The number of carbonyl (C=O) groups excluding carboxylic acids is 5. The number of hydrogen-bond acceptors (Lipinski definition) is 12. The van der Waals surface area contributed by atoms with Crippen LogP contribution in [-0.2, 0) is 28.4 Å². The van der Waals surface area contributed by atoms with E-state index in [-0.39, 0.29) is 48.2 Å². The van der Waals surface area contributed by atoms with Crippen molar-refractivity contribution in [1.29, 1.82) is 0 Å². The third-order valence-electron chi connectivity index (χ3n) is 12.1. The van der Waals surface area contributed by atoms with E-state index in [1.54, 1.807) is 64.4 Å². The van der Waals surface area contributed by atoms with Gasteiger partial charge in [0.05, 0.1) is 38.9 Å². The number of methoxy groups -OCH3 is 1. The summed E-state index contributed by atoms with van der Waals surface area (Å²) in [6.45, 7) is 4.89. The fourth-order valence-electron chi connectivity index (χ4n) is 8.67. The van der Waals surface area contributed by atoms with Gasteiger partial charge in [0, 0.05) is 37.3 Å². The van der Waals surface area contributed by atoms with E-state index in [2.05, 4.69) is 15.6 Å². The molecule has 2 unspecified atom stereocenters. The Labute approximate surface area is 380 Å². The van der Waals surface area contributed by atoms with Crippen molar-refractivity contribution in [3.8, 4) is 11.5 Å². The number of rotatable bonds is 14. The van der Waals surface area contributed by atoms with Crippen LogP contribution in [0.15, 0.2) is 89.5 Å². The summed E-state index contributed by atoms with van der Waals surface area (Å²) < 4.78 is 58.5. The van der Waals surface area contributed by atoms with Gasteiger partial charge < -0.3 is 43.3 Å². The summed E-state index contributed by atoms with van der Waals surface area (Å²) in [5, 5.41) is 11.0. The van der Waals surface area contributed by atoms with Crippen LogP contribution in [0.4, 0.5) is 4.39 Å². The molecule has 1 aromatic heterocycles. The molecule has 3 fully saturated rings. The van der Waals surface area contributed by atoms with Crippen LogP contribution in [0.3, 0.4) is 0 Å². The van der Waals surface area contributed by atoms with E-state index in [4.69, 9.17) is 23.3 Å². The first-order valence-corrected chi connectivity index (χ1v) is 23.8. The minimum Gasteiger partial charge on any atom is -0.497 e. The van der Waals surface area contributed by atoms with Crippen molar-refractivity contribution in [2.24, 2.45) is 0 Å². The van der Waals surface area contributed by atoms with E-state index < -0.39 is 61.3 Å². The fraction of sp³-hybridized carbons (Fsp3) is 0.404. The van der Waals surface area contributed by atoms with Crippen molar-refractivity contribution in [2.75, 3.05) is 53.1 Å². The monoisotopic (exact) mass is 926 g/mol. The quantitative estimate of drug-likeness (QED) is 0.0969. The second-order valence-electron chi connectivity index (χ2n) is 16.6. The van der Waals surface area contributed by atoms with Crippen LogP contribution < -0.4 is 19.7 Å². The van der Waals surface area contributed by atoms with Crippen LogP contribution in [0, 0.1) is 0 Å². The van der Waals surface area contributed by atoms with Crippen LogP contribution in [0.25, 0.3) is 21.7 Å². The second-order valence-corrected chi connectivity index (χ2v) is 18.7. The van der Waals surface area contributed by atoms with Crippen LogP contribution >= 0.6 is 7.52 Å². The smallest absolute Gasteiger partial charge is 0.355 e. The average Bonchev–Trinajstić information content (AvgIpc) is 3.97. The van der Waals surface area contributed by atoms with Gasteiger partial charge in [-0.25, -0.2) is 9.48 Å². The van der Waals surface area contributed by atoms with E-state index in [9.17, 15) is 28.5 Å². The van der Waals surface area contributed by atoms with E-state index in [0.717, 1.165) is 0 Å². The van der Waals surface area contributed by atoms with Crippen molar-refractivity contribution in [3.63, 3.8) is 0 Å². The molecule has 348 valence electrons. The molecule has 8 rings (SSSR count). The molecule has 4 aromatic carbocycles. The minimum atomic E-state index is -4.54. The largest absolute Gasteiger partial charge is 0.497 e. The summed E-state index contributed by atoms with van der Waals surface area (Å²) in [7, 11) is -3.04. The minimum absolute atomic E-state index is 0.0331. The number of ether oxygens (including phenoxy) is 3. The van der Waals surface area contributed by atoms with Gasteiger partial charge in [-0.05, 0) is 91.4 Å². The first-order chi connectivity index (χ1) is 31.9. The van der Waals surface area contributed by atoms with Gasteiger partial charge in [-0.2, -0.15) is 0 Å². The standard InChI is InChI=1S/C47H52FN6O11P/c1-4-22-63-47(59)29(2)51-66(60,65-35-8-6-5-7-9-35)42(48)31-12-10-30-11-13-32(26-33(30)25-31)43(55)49-38-28-53(46(58)41-37-16-15-36(61-3)27-40(37)64-50-41)19-18-34-14-17-39(54(34)44(38)56)45(57)52-20-23-62-24-21-52/h5-13,15-16,25-27,29,34,38-39,42H,4,14,17-24,28H2,1-3H3,(H,49,55)(H,51,60)/t29-,34+,38-,39-,42?,66?/m0/s1. The molecule has 3 saturated heterocycles. The first-order valence-electron chi connectivity index (χ1n) is 22.1. The Bertz CT molecular complexity index is 2660. The Morgan fingerprint density at radius 1 is 0.909 bits per heavy atom. The molecule has 6 atom stereocenters. The molecular formula is C47H52FN6O11P. The van der Waals surface area contributed by atoms with E-state index in [1.165, 1.54) is 49.3 Å². The Balaban J connectivity index is 1.08. The molecule has 0 saturated carbocycles. The number of morpholine rings is 1. The molecule has 17 nitrogen and oxygen atoms in total. The van der Waals surface area contributed by atoms with Crippen LogP contribution in [0.5, 0.6) is 11.5 Å². The second kappa shape index (κ2) is 20.0. The van der Waals surface area contributed by atoms with Gasteiger partial charge in [0.1, 0.15) is 29.6 Å². The maximum atomic E-state index is 16.8. The number of esters is 1. The van der Waals surface area contributed by atoms with Gasteiger partial charge in [0.2, 0.25) is 17.7 Å². The summed E-state index contributed by atoms with van der Waals surface area (Å²) in [5.74, 6) is -4.25. The molecule has 3 aliphatic rings. The number of aromatic nitrogens is 1. The third-order valence-corrected chi connectivity index (χ3v) is 14.3. The molecule has 5 aromatic rings. The highest BCUT2D eigenvalue weighted by Crippen LogP contribution is 2.58. The molecule has 4 amide bonds. The molecule has 66 heavy (non-hydrogen) atoms. The van der Waals surface area contributed by atoms with E-state index in [0.29, 0.717) is 79.5 Å². The summed E-state index contributed by atoms with van der Waals surface area (Å²) in [6, 6.07) is 18.6. The topological polar surface area (TPSA) is 199 Å². The summed E-state index contributed by atoms with van der Waals surface area (Å²) >= 11 is 0. The Morgan fingerprint density at radius 3 is 2.44 bits per heavy atom. The van der Waals surface area contributed by atoms with Crippen molar-refractivity contribution < 1.29 is 56.2 Å². The lowest BCUT2D eigenvalue weighted by atomic mass is 10.0. The number of nitrogens with one attached hydrogen (secondary N) is 2. The maximum absolute atomic E-state index is 16.8. The fourth-order valence-corrected chi connectivity index (χ4v) is 10.6. The Kier molecular flexibility index (Phi) is 14.0. The Hall–Kier alpha value is -6.36. The van der Waals surface area contributed by atoms with Crippen LogP contribution in [0.1, 0.15) is 71.9 Å². The van der Waals surface area contributed by atoms with Gasteiger partial charge in [-0.1, -0.05) is 48.5 Å². The number of alkyl halides is 1. The number of fused-ring (bicyclic) bond motifs is 3.